The van der Waals surface area contributed by atoms with Gasteiger partial charge in [-0.15, -0.1) is 11.6 Å². The molecule has 0 fully saturated rings. The normalized spacial score (nSPS) is 8.67. The molecule has 0 aromatic rings. The Bertz CT molecular complexity index is 126. The summed E-state index contributed by atoms with van der Waals surface area (Å²) in [4.78, 5) is 11.4. The lowest BCUT2D eigenvalue weighted by Crippen LogP contribution is -2.12. The molecule has 0 bridgehead atoms. The van der Waals surface area contributed by atoms with E-state index in [0.29, 0.717) is 0 Å². The third kappa shape index (κ3) is 22.7. The van der Waals surface area contributed by atoms with Gasteiger partial charge in [-0.25, -0.2) is 4.79 Å². The minimum atomic E-state index is -0.981. The van der Waals surface area contributed by atoms with Crippen LogP contribution in [0.15, 0.2) is 12.7 Å². The van der Waals surface area contributed by atoms with Crippen molar-refractivity contribution in [3.63, 3.8) is 0 Å². The molecule has 1 N–H and O–H groups in total. The Hall–Kier alpha value is -0.540. The second kappa shape index (κ2) is 10.5. The SMILES string of the molecule is C=CC(=O)O.CN(C)CCCCl. The van der Waals surface area contributed by atoms with Gasteiger partial charge in [0.2, 0.25) is 0 Å². The van der Waals surface area contributed by atoms with Crippen LogP contribution in [0.1, 0.15) is 6.42 Å². The van der Waals surface area contributed by atoms with Gasteiger partial charge >= 0.3 is 5.97 Å². The number of carbonyl (C=O) groups is 1. The minimum Gasteiger partial charge on any atom is -0.478 e. The number of halogens is 1. The molecule has 0 atom stereocenters. The molecule has 0 aromatic carbocycles. The molecule has 0 heterocycles. The molecular weight excluding hydrogens is 178 g/mol. The molecule has 0 saturated carbocycles. The fraction of sp³-hybridized carbons (Fsp3) is 0.625. The summed E-state index contributed by atoms with van der Waals surface area (Å²) in [6.07, 6.45) is 1.93. The zero-order chi connectivity index (χ0) is 9.98. The number of hydrogen-bond acceptors (Lipinski definition) is 2. The highest BCUT2D eigenvalue weighted by Crippen LogP contribution is 1.84. The predicted octanol–water partition coefficient (Wildman–Crippen LogP) is 1.43. The summed E-state index contributed by atoms with van der Waals surface area (Å²) >= 11 is 5.42. The van der Waals surface area contributed by atoms with E-state index < -0.39 is 5.97 Å². The maximum atomic E-state index is 9.25. The fourth-order valence-electron chi connectivity index (χ4n) is 0.376. The van der Waals surface area contributed by atoms with E-state index in [4.69, 9.17) is 16.7 Å². The summed E-state index contributed by atoms with van der Waals surface area (Å²) in [5, 5.41) is 7.60. The Morgan fingerprint density at radius 3 is 2.17 bits per heavy atom. The summed E-state index contributed by atoms with van der Waals surface area (Å²) < 4.78 is 0. The van der Waals surface area contributed by atoms with Crippen LogP contribution in [0.5, 0.6) is 0 Å². The molecule has 0 rings (SSSR count). The summed E-state index contributed by atoms with van der Waals surface area (Å²) in [5.41, 5.74) is 0. The van der Waals surface area contributed by atoms with E-state index in [1.54, 1.807) is 0 Å². The monoisotopic (exact) mass is 193 g/mol. The van der Waals surface area contributed by atoms with Gasteiger partial charge in [0, 0.05) is 12.0 Å². The van der Waals surface area contributed by atoms with Crippen molar-refractivity contribution in [3.8, 4) is 0 Å². The first-order valence-electron chi connectivity index (χ1n) is 3.60. The lowest BCUT2D eigenvalue weighted by molar-refractivity contribution is -0.131. The lowest BCUT2D eigenvalue weighted by Gasteiger charge is -2.05. The molecule has 0 spiro atoms. The Labute approximate surface area is 78.6 Å². The van der Waals surface area contributed by atoms with Gasteiger partial charge < -0.3 is 10.0 Å². The third-order valence-corrected chi connectivity index (χ3v) is 1.18. The Kier molecular flexibility index (Phi) is 12.2. The standard InChI is InChI=1S/C5H12ClN.C3H4O2/c1-7(2)5-3-4-6;1-2-3(4)5/h3-5H2,1-2H3;2H,1H2,(H,4,5). The molecular formula is C8H16ClNO2. The second-order valence-electron chi connectivity index (χ2n) is 2.39. The van der Waals surface area contributed by atoms with Crippen LogP contribution in [0.25, 0.3) is 0 Å². The van der Waals surface area contributed by atoms with E-state index in [-0.39, 0.29) is 0 Å². The van der Waals surface area contributed by atoms with Gasteiger partial charge in [0.15, 0.2) is 0 Å². The summed E-state index contributed by atoms with van der Waals surface area (Å²) in [5.74, 6) is -0.206. The van der Waals surface area contributed by atoms with Crippen LogP contribution in [0.4, 0.5) is 0 Å². The summed E-state index contributed by atoms with van der Waals surface area (Å²) in [6, 6.07) is 0. The number of hydrogen-bond donors (Lipinski definition) is 1. The third-order valence-electron chi connectivity index (χ3n) is 0.914. The molecule has 0 aromatic heterocycles. The van der Waals surface area contributed by atoms with Crippen molar-refractivity contribution in [2.75, 3.05) is 26.5 Å². The van der Waals surface area contributed by atoms with Crippen LogP contribution in [0.2, 0.25) is 0 Å². The van der Waals surface area contributed by atoms with E-state index in [0.717, 1.165) is 24.9 Å². The number of rotatable bonds is 4. The van der Waals surface area contributed by atoms with Crippen molar-refractivity contribution in [2.45, 2.75) is 6.42 Å². The van der Waals surface area contributed by atoms with E-state index in [1.165, 1.54) is 0 Å². The number of aliphatic carboxylic acids is 1. The van der Waals surface area contributed by atoms with Gasteiger partial charge in [-0.1, -0.05) is 6.58 Å². The molecule has 0 aliphatic heterocycles. The maximum absolute atomic E-state index is 9.25. The quantitative estimate of drug-likeness (QED) is 0.543. The first-order valence-corrected chi connectivity index (χ1v) is 4.14. The summed E-state index contributed by atoms with van der Waals surface area (Å²) in [7, 11) is 4.10. The highest BCUT2D eigenvalue weighted by molar-refractivity contribution is 6.17. The van der Waals surface area contributed by atoms with Crippen molar-refractivity contribution < 1.29 is 9.90 Å². The molecule has 0 amide bonds. The van der Waals surface area contributed by atoms with Crippen molar-refractivity contribution in [1.82, 2.24) is 4.90 Å². The van der Waals surface area contributed by atoms with Crippen molar-refractivity contribution in [2.24, 2.45) is 0 Å². The number of carboxylic acids is 1. The number of nitrogens with zero attached hydrogens (tertiary/aromatic N) is 1. The topological polar surface area (TPSA) is 40.5 Å². The van der Waals surface area contributed by atoms with Crippen LogP contribution in [0.3, 0.4) is 0 Å². The second-order valence-corrected chi connectivity index (χ2v) is 2.77. The van der Waals surface area contributed by atoms with E-state index in [2.05, 4.69) is 11.5 Å². The first kappa shape index (κ1) is 14.0. The number of carboxylic acid groups (broad SMARTS) is 1. The predicted molar refractivity (Wildman–Crippen MR) is 51.7 cm³/mol. The van der Waals surface area contributed by atoms with Crippen molar-refractivity contribution in [3.05, 3.63) is 12.7 Å². The molecule has 72 valence electrons. The highest BCUT2D eigenvalue weighted by Gasteiger charge is 1.84. The molecule has 3 nitrogen and oxygen atoms in total. The van der Waals surface area contributed by atoms with Gasteiger partial charge in [-0.05, 0) is 27.1 Å². The first-order chi connectivity index (χ1) is 5.54. The Morgan fingerprint density at radius 1 is 1.67 bits per heavy atom. The van der Waals surface area contributed by atoms with Crippen molar-refractivity contribution >= 4 is 17.6 Å². The lowest BCUT2D eigenvalue weighted by atomic mass is 10.5. The van der Waals surface area contributed by atoms with E-state index in [1.807, 2.05) is 14.1 Å². The van der Waals surface area contributed by atoms with Crippen LogP contribution in [-0.4, -0.2) is 42.5 Å². The zero-order valence-electron chi connectivity index (χ0n) is 7.59. The number of alkyl halides is 1. The smallest absolute Gasteiger partial charge is 0.327 e. The molecule has 0 saturated heterocycles. The van der Waals surface area contributed by atoms with E-state index >= 15 is 0 Å². The fourth-order valence-corrected chi connectivity index (χ4v) is 0.496. The minimum absolute atomic E-state index is 0.776. The summed E-state index contributed by atoms with van der Waals surface area (Å²) in [6.45, 7) is 4.06. The average molecular weight is 194 g/mol. The van der Waals surface area contributed by atoms with Gasteiger partial charge in [0.1, 0.15) is 0 Å². The van der Waals surface area contributed by atoms with Crippen LogP contribution >= 0.6 is 11.6 Å². The molecule has 0 radical (unpaired) electrons. The van der Waals surface area contributed by atoms with Crippen LogP contribution in [0, 0.1) is 0 Å². The van der Waals surface area contributed by atoms with Gasteiger partial charge in [-0.3, -0.25) is 0 Å². The highest BCUT2D eigenvalue weighted by atomic mass is 35.5. The zero-order valence-corrected chi connectivity index (χ0v) is 8.34. The Morgan fingerprint density at radius 2 is 2.08 bits per heavy atom. The molecule has 0 aliphatic carbocycles. The maximum Gasteiger partial charge on any atom is 0.327 e. The molecule has 4 heteroatoms. The van der Waals surface area contributed by atoms with E-state index in [9.17, 15) is 4.79 Å². The van der Waals surface area contributed by atoms with Gasteiger partial charge in [0.05, 0.1) is 0 Å². The average Bonchev–Trinajstić information content (AvgIpc) is 2.02. The molecule has 12 heavy (non-hydrogen) atoms. The molecule has 0 aliphatic rings. The largest absolute Gasteiger partial charge is 0.478 e. The Balaban J connectivity index is 0. The molecule has 0 unspecified atom stereocenters. The van der Waals surface area contributed by atoms with Crippen LogP contribution < -0.4 is 0 Å². The van der Waals surface area contributed by atoms with Gasteiger partial charge in [0.25, 0.3) is 0 Å². The van der Waals surface area contributed by atoms with Crippen molar-refractivity contribution in [1.29, 1.82) is 0 Å². The van der Waals surface area contributed by atoms with Gasteiger partial charge in [-0.2, -0.15) is 0 Å². The van der Waals surface area contributed by atoms with Crippen LogP contribution in [-0.2, 0) is 4.79 Å².